The predicted molar refractivity (Wildman–Crippen MR) is 153 cm³/mol. The Hall–Kier alpha value is -3.86. The Bertz CT molecular complexity index is 1340. The number of nitrogens with zero attached hydrogens (tertiary/aromatic N) is 1. The largest absolute Gasteiger partial charge is 0.497 e. The Labute approximate surface area is 225 Å². The first kappa shape index (κ1) is 25.8. The van der Waals surface area contributed by atoms with E-state index in [2.05, 4.69) is 36.5 Å². The highest BCUT2D eigenvalue weighted by Gasteiger charge is 2.41. The van der Waals surface area contributed by atoms with Gasteiger partial charge in [0, 0.05) is 24.1 Å². The summed E-state index contributed by atoms with van der Waals surface area (Å²) in [5.41, 5.74) is 6.43. The highest BCUT2D eigenvalue weighted by molar-refractivity contribution is 6.06. The summed E-state index contributed by atoms with van der Waals surface area (Å²) in [6.07, 6.45) is 4.44. The van der Waals surface area contributed by atoms with Crippen LogP contribution in [0.2, 0.25) is 0 Å². The van der Waals surface area contributed by atoms with Crippen LogP contribution in [0.15, 0.2) is 84.1 Å². The van der Waals surface area contributed by atoms with Gasteiger partial charge in [-0.1, -0.05) is 68.3 Å². The molecule has 1 N–H and O–H groups in total. The number of fused-ring (bicyclic) bond motifs is 1. The maximum Gasteiger partial charge on any atom is 0.227 e. The van der Waals surface area contributed by atoms with Crippen LogP contribution >= 0.6 is 0 Å². The average molecular weight is 509 g/mol. The van der Waals surface area contributed by atoms with Crippen LogP contribution in [-0.2, 0) is 9.59 Å². The molecule has 1 aliphatic heterocycles. The van der Waals surface area contributed by atoms with Crippen LogP contribution in [0.1, 0.15) is 74.1 Å². The van der Waals surface area contributed by atoms with Crippen molar-refractivity contribution in [2.24, 2.45) is 0 Å². The number of carbonyl (C=O) groups is 2. The molecule has 38 heavy (non-hydrogen) atoms. The number of ketones is 1. The lowest BCUT2D eigenvalue weighted by Gasteiger charge is -2.35. The summed E-state index contributed by atoms with van der Waals surface area (Å²) in [5.74, 6) is 0.960. The molecule has 0 aromatic heterocycles. The van der Waals surface area contributed by atoms with E-state index in [1.807, 2.05) is 60.4 Å². The molecule has 0 saturated carbocycles. The van der Waals surface area contributed by atoms with Gasteiger partial charge in [0.25, 0.3) is 0 Å². The number of hydrogen-bond donors (Lipinski definition) is 1. The molecule has 1 amide bonds. The topological polar surface area (TPSA) is 58.6 Å². The molecule has 5 heteroatoms. The van der Waals surface area contributed by atoms with Gasteiger partial charge in [0.1, 0.15) is 5.75 Å². The number of rotatable bonds is 7. The molecule has 5 nitrogen and oxygen atoms in total. The summed E-state index contributed by atoms with van der Waals surface area (Å²) in [6.45, 7) is 4.18. The molecular weight excluding hydrogens is 472 g/mol. The Balaban J connectivity index is 1.68. The van der Waals surface area contributed by atoms with Gasteiger partial charge >= 0.3 is 0 Å². The molecular formula is C33H36N2O3. The maximum absolute atomic E-state index is 14.1. The zero-order valence-corrected chi connectivity index (χ0v) is 22.5. The van der Waals surface area contributed by atoms with Crippen LogP contribution in [0.25, 0.3) is 0 Å². The predicted octanol–water partition coefficient (Wildman–Crippen LogP) is 7.48. The van der Waals surface area contributed by atoms with Crippen molar-refractivity contribution in [2.45, 2.75) is 64.3 Å². The summed E-state index contributed by atoms with van der Waals surface area (Å²) in [6, 6.07) is 23.7. The summed E-state index contributed by atoms with van der Waals surface area (Å²) in [5, 5.41) is 3.63. The lowest BCUT2D eigenvalue weighted by molar-refractivity contribution is -0.119. The molecule has 1 heterocycles. The molecule has 0 spiro atoms. The van der Waals surface area contributed by atoms with Gasteiger partial charge < -0.3 is 10.1 Å². The fourth-order valence-corrected chi connectivity index (χ4v) is 5.73. The first-order valence-corrected chi connectivity index (χ1v) is 13.6. The molecule has 2 atom stereocenters. The Morgan fingerprint density at radius 3 is 2.45 bits per heavy atom. The molecule has 5 rings (SSSR count). The number of hydrogen-bond acceptors (Lipinski definition) is 4. The fraction of sp³-hybridized carbons (Fsp3) is 0.333. The van der Waals surface area contributed by atoms with Crippen LogP contribution in [-0.4, -0.2) is 18.8 Å². The summed E-state index contributed by atoms with van der Waals surface area (Å²) >= 11 is 0. The van der Waals surface area contributed by atoms with Crippen molar-refractivity contribution in [3.63, 3.8) is 0 Å². The number of Topliss-reactive ketones (excluding diaryl/α,β-unsaturated/α-hetero) is 1. The number of allylic oxidation sites excluding steroid dienone is 1. The second-order valence-corrected chi connectivity index (χ2v) is 10.4. The number of carbonyl (C=O) groups excluding carboxylic acids is 2. The molecule has 0 bridgehead atoms. The third-order valence-corrected chi connectivity index (χ3v) is 7.70. The number of anilines is 2. The fourth-order valence-electron chi connectivity index (χ4n) is 5.73. The third kappa shape index (κ3) is 5.10. The minimum absolute atomic E-state index is 0.0413. The van der Waals surface area contributed by atoms with E-state index in [1.54, 1.807) is 7.11 Å². The summed E-state index contributed by atoms with van der Waals surface area (Å²) in [7, 11) is 1.64. The van der Waals surface area contributed by atoms with Crippen molar-refractivity contribution in [3.8, 4) is 5.75 Å². The molecule has 0 unspecified atom stereocenters. The van der Waals surface area contributed by atoms with E-state index in [0.29, 0.717) is 24.8 Å². The van der Waals surface area contributed by atoms with Gasteiger partial charge in [0.2, 0.25) is 5.91 Å². The van der Waals surface area contributed by atoms with Crippen molar-refractivity contribution in [1.29, 1.82) is 0 Å². The standard InChI is InChI=1S/C33H36N2O3/c1-4-5-7-12-31(37)35-29-19-22(2)13-18-27(29)34-28-20-25(23-10-8-6-9-11-23)21-30(36)32(28)33(35)24-14-16-26(38-3)17-15-24/h6,8-11,13-19,25,33-34H,4-5,7,12,20-21H2,1-3H3/t25-,33-/m0/s1. The molecule has 0 radical (unpaired) electrons. The van der Waals surface area contributed by atoms with Crippen molar-refractivity contribution in [3.05, 3.63) is 101 Å². The molecule has 3 aromatic carbocycles. The van der Waals surface area contributed by atoms with Crippen LogP contribution in [0.5, 0.6) is 5.75 Å². The third-order valence-electron chi connectivity index (χ3n) is 7.70. The van der Waals surface area contributed by atoms with Crippen molar-refractivity contribution >= 4 is 23.1 Å². The molecule has 0 saturated heterocycles. The Morgan fingerprint density at radius 2 is 1.74 bits per heavy atom. The van der Waals surface area contributed by atoms with E-state index in [9.17, 15) is 9.59 Å². The Morgan fingerprint density at radius 1 is 0.974 bits per heavy atom. The number of unbranched alkanes of at least 4 members (excludes halogenated alkanes) is 2. The lowest BCUT2D eigenvalue weighted by Crippen LogP contribution is -2.38. The van der Waals surface area contributed by atoms with Crippen LogP contribution in [0.4, 0.5) is 11.4 Å². The highest BCUT2D eigenvalue weighted by atomic mass is 16.5. The first-order valence-electron chi connectivity index (χ1n) is 13.6. The molecule has 196 valence electrons. The second kappa shape index (κ2) is 11.3. The summed E-state index contributed by atoms with van der Waals surface area (Å²) in [4.78, 5) is 30.0. The smallest absolute Gasteiger partial charge is 0.227 e. The quantitative estimate of drug-likeness (QED) is 0.336. The Kier molecular flexibility index (Phi) is 7.64. The van der Waals surface area contributed by atoms with E-state index in [1.165, 1.54) is 0 Å². The van der Waals surface area contributed by atoms with Crippen molar-refractivity contribution < 1.29 is 14.3 Å². The molecule has 1 aliphatic carbocycles. The molecule has 3 aromatic rings. The van der Waals surface area contributed by atoms with Crippen LogP contribution in [0.3, 0.4) is 0 Å². The number of amides is 1. The van der Waals surface area contributed by atoms with Gasteiger partial charge in [0.05, 0.1) is 24.5 Å². The number of benzene rings is 3. The number of ether oxygens (including phenoxy) is 1. The number of aryl methyl sites for hydroxylation is 1. The van der Waals surface area contributed by atoms with Gasteiger partial charge in [-0.3, -0.25) is 14.5 Å². The average Bonchev–Trinajstić information content (AvgIpc) is 3.08. The van der Waals surface area contributed by atoms with Gasteiger partial charge in [-0.25, -0.2) is 0 Å². The van der Waals surface area contributed by atoms with E-state index in [4.69, 9.17) is 4.74 Å². The number of methoxy groups -OCH3 is 1. The van der Waals surface area contributed by atoms with E-state index in [-0.39, 0.29) is 17.6 Å². The van der Waals surface area contributed by atoms with Gasteiger partial charge in [0.15, 0.2) is 5.78 Å². The van der Waals surface area contributed by atoms with Gasteiger partial charge in [-0.2, -0.15) is 0 Å². The van der Waals surface area contributed by atoms with E-state index in [0.717, 1.165) is 58.8 Å². The molecule has 2 aliphatic rings. The second-order valence-electron chi connectivity index (χ2n) is 10.4. The van der Waals surface area contributed by atoms with Crippen molar-refractivity contribution in [2.75, 3.05) is 17.3 Å². The van der Waals surface area contributed by atoms with Crippen LogP contribution in [0, 0.1) is 6.92 Å². The number of nitrogens with one attached hydrogen (secondary N) is 1. The first-order chi connectivity index (χ1) is 18.5. The van der Waals surface area contributed by atoms with Crippen molar-refractivity contribution in [1.82, 2.24) is 0 Å². The summed E-state index contributed by atoms with van der Waals surface area (Å²) < 4.78 is 5.41. The van der Waals surface area contributed by atoms with Crippen LogP contribution < -0.4 is 15.0 Å². The highest BCUT2D eigenvalue weighted by Crippen LogP contribution is 2.48. The maximum atomic E-state index is 14.1. The zero-order chi connectivity index (χ0) is 26.6. The minimum atomic E-state index is -0.509. The van der Waals surface area contributed by atoms with Gasteiger partial charge in [-0.15, -0.1) is 0 Å². The van der Waals surface area contributed by atoms with E-state index < -0.39 is 6.04 Å². The van der Waals surface area contributed by atoms with E-state index >= 15 is 0 Å². The minimum Gasteiger partial charge on any atom is -0.497 e. The normalized spacial score (nSPS) is 18.8. The SMILES string of the molecule is CCCCCC(=O)N1c2cc(C)ccc2NC2=C(C(=O)C[C@@H](c3ccccc3)C2)[C@@H]1c1ccc(OC)cc1. The lowest BCUT2D eigenvalue weighted by atomic mass is 9.78. The van der Waals surface area contributed by atoms with Gasteiger partial charge in [-0.05, 0) is 66.6 Å². The monoisotopic (exact) mass is 508 g/mol. The molecule has 0 fully saturated rings. The zero-order valence-electron chi connectivity index (χ0n) is 22.5.